The molecule has 0 fully saturated rings. The molecule has 0 aliphatic carbocycles. The van der Waals surface area contributed by atoms with Crippen LogP contribution in [0, 0.1) is 27.7 Å². The van der Waals surface area contributed by atoms with Crippen LogP contribution >= 0.6 is 0 Å². The molecule has 0 saturated heterocycles. The zero-order chi connectivity index (χ0) is 43.0. The van der Waals surface area contributed by atoms with Crippen molar-refractivity contribution in [3.8, 4) is 28.2 Å². The van der Waals surface area contributed by atoms with E-state index in [0.29, 0.717) is 0 Å². The Hall–Kier alpha value is -7.16. The summed E-state index contributed by atoms with van der Waals surface area (Å²) >= 11 is -0.823. The first-order chi connectivity index (χ1) is 31.3. The normalized spacial score (nSPS) is 12.1. The summed E-state index contributed by atoms with van der Waals surface area (Å²) in [6, 6.07) is 64.0. The molecule has 0 aliphatic heterocycles. The maximum atomic E-state index is 15.0. The quantitative estimate of drug-likeness (QED) is 0.128. The average Bonchev–Trinajstić information content (AvgIpc) is 3.97. The van der Waals surface area contributed by atoms with Crippen molar-refractivity contribution in [2.45, 2.75) is 27.7 Å². The summed E-state index contributed by atoms with van der Waals surface area (Å²) < 4.78 is 9.68. The Labute approximate surface area is 379 Å². The Morgan fingerprint density at radius 3 is 1.34 bits per heavy atom. The Kier molecular flexibility index (Phi) is 8.13. The van der Waals surface area contributed by atoms with E-state index in [-0.39, 0.29) is 5.43 Å². The summed E-state index contributed by atoms with van der Waals surface area (Å²) in [5, 5.41) is 9.06. The fraction of sp³-hybridized carbons (Fsp3) is 0.0678. The number of nitrogens with zero attached hydrogens (tertiary/aromatic N) is 3. The van der Waals surface area contributed by atoms with E-state index in [1.807, 2.05) is 0 Å². The van der Waals surface area contributed by atoms with Crippen LogP contribution in [0.4, 0.5) is 0 Å². The van der Waals surface area contributed by atoms with E-state index in [1.54, 1.807) is 0 Å². The van der Waals surface area contributed by atoms with E-state index < -0.39 is 20.4 Å². The molecular weight excluding hydrogens is 894 g/mol. The van der Waals surface area contributed by atoms with E-state index in [2.05, 4.69) is 217 Å². The van der Waals surface area contributed by atoms with Crippen molar-refractivity contribution < 1.29 is 0 Å². The molecule has 4 nitrogen and oxygen atoms in total. The zero-order valence-corrected chi connectivity index (χ0v) is 38.2. The third kappa shape index (κ3) is 5.26. The minimum atomic E-state index is -0.823. The van der Waals surface area contributed by atoms with Crippen molar-refractivity contribution in [3.63, 3.8) is 0 Å². The summed E-state index contributed by atoms with van der Waals surface area (Å²) in [7, 11) is 0. The standard InChI is InChI=1S/C59H41N3OTe/c1-34-13-9-19-44-45-20-10-14-35(2)56(45)61(55(34)44)40-26-28-41(52(33-40)62-57-36(3)15-11-21-46(57)47-22-12-16-37(4)58(47)62)38-25-29-53-48(31-38)59(63)49-32-39(27-30-54(49)64-53)60-50-23-7-5-17-42(50)43-18-6-8-24-51(43)60/h5-33H,1-4H3. The van der Waals surface area contributed by atoms with Crippen LogP contribution in [0.15, 0.2) is 181 Å². The topological polar surface area (TPSA) is 31.9 Å². The molecule has 4 aromatic heterocycles. The van der Waals surface area contributed by atoms with Crippen LogP contribution in [0.25, 0.3) is 111 Å². The minimum absolute atomic E-state index is 0.101. The van der Waals surface area contributed by atoms with Gasteiger partial charge in [0.25, 0.3) is 0 Å². The van der Waals surface area contributed by atoms with Gasteiger partial charge in [0, 0.05) is 0 Å². The molecule has 0 aliphatic rings. The fourth-order valence-electron chi connectivity index (χ4n) is 10.9. The number of para-hydroxylation sites is 6. The molecule has 64 heavy (non-hydrogen) atoms. The number of hydrogen-bond donors (Lipinski definition) is 0. The summed E-state index contributed by atoms with van der Waals surface area (Å²) in [6.07, 6.45) is 0. The average molecular weight is 936 g/mol. The first-order valence-corrected chi connectivity index (χ1v) is 24.3. The van der Waals surface area contributed by atoms with Gasteiger partial charge in [-0.2, -0.15) is 0 Å². The third-order valence-corrected chi connectivity index (χ3v) is 17.0. The zero-order valence-electron chi connectivity index (χ0n) is 35.9. The van der Waals surface area contributed by atoms with Gasteiger partial charge in [0.05, 0.1) is 0 Å². The molecule has 13 aromatic rings. The molecule has 0 amide bonds. The van der Waals surface area contributed by atoms with E-state index in [0.717, 1.165) is 50.0 Å². The Bertz CT molecular complexity index is 4040. The van der Waals surface area contributed by atoms with Gasteiger partial charge in [-0.25, -0.2) is 0 Å². The van der Waals surface area contributed by atoms with Crippen molar-refractivity contribution in [1.82, 2.24) is 13.7 Å². The number of aryl methyl sites for hydroxylation is 4. The molecule has 0 unspecified atom stereocenters. The van der Waals surface area contributed by atoms with Gasteiger partial charge in [-0.15, -0.1) is 0 Å². The molecule has 0 N–H and O–H groups in total. The second-order valence-electron chi connectivity index (χ2n) is 17.4. The van der Waals surface area contributed by atoms with E-state index >= 15 is 4.79 Å². The molecule has 0 bridgehead atoms. The van der Waals surface area contributed by atoms with Crippen LogP contribution in [0.5, 0.6) is 0 Å². The predicted octanol–water partition coefficient (Wildman–Crippen LogP) is 14.6. The molecular formula is C59H41N3OTe. The van der Waals surface area contributed by atoms with Crippen molar-refractivity contribution >= 4 is 103 Å². The second kappa shape index (κ2) is 13.9. The molecule has 304 valence electrons. The van der Waals surface area contributed by atoms with Crippen molar-refractivity contribution in [2.75, 3.05) is 0 Å². The van der Waals surface area contributed by atoms with Gasteiger partial charge in [0.15, 0.2) is 0 Å². The summed E-state index contributed by atoms with van der Waals surface area (Å²) in [5.41, 5.74) is 17.5. The van der Waals surface area contributed by atoms with E-state index in [9.17, 15) is 0 Å². The van der Waals surface area contributed by atoms with Gasteiger partial charge in [0.2, 0.25) is 0 Å². The van der Waals surface area contributed by atoms with Gasteiger partial charge in [-0.05, 0) is 0 Å². The molecule has 0 saturated carbocycles. The number of hydrogen-bond acceptors (Lipinski definition) is 1. The Morgan fingerprint density at radius 1 is 0.359 bits per heavy atom. The van der Waals surface area contributed by atoms with Crippen molar-refractivity contribution in [2.24, 2.45) is 0 Å². The first kappa shape index (κ1) is 37.4. The third-order valence-electron chi connectivity index (χ3n) is 13.7. The molecule has 13 rings (SSSR count). The number of benzene rings is 9. The first-order valence-electron chi connectivity index (χ1n) is 22.0. The van der Waals surface area contributed by atoms with E-state index in [1.165, 1.54) is 83.4 Å². The number of aromatic nitrogens is 3. The second-order valence-corrected chi connectivity index (χ2v) is 20.5. The molecule has 0 spiro atoms. The van der Waals surface area contributed by atoms with Crippen LogP contribution in [-0.2, 0) is 0 Å². The number of fused-ring (bicyclic) bond motifs is 11. The summed E-state index contributed by atoms with van der Waals surface area (Å²) in [6.45, 7) is 8.89. The van der Waals surface area contributed by atoms with Gasteiger partial charge in [0.1, 0.15) is 0 Å². The van der Waals surface area contributed by atoms with Crippen LogP contribution in [-0.4, -0.2) is 34.1 Å². The number of rotatable bonds is 4. The summed E-state index contributed by atoms with van der Waals surface area (Å²) in [5.74, 6) is 0. The molecule has 4 heterocycles. The van der Waals surface area contributed by atoms with Gasteiger partial charge in [-0.3, -0.25) is 0 Å². The SMILES string of the molecule is Cc1cccc2c3cccc(C)c3n(-c3ccc(-c4ccc5[te]c6ccc(-n7c8ccccc8c8ccccc87)cc6c(=O)c5c4)c(-n4c5c(C)cccc5c5cccc(C)c54)c3)c12. The molecule has 5 heteroatoms. The fourth-order valence-corrected chi connectivity index (χ4v) is 13.8. The maximum absolute atomic E-state index is 15.0. The van der Waals surface area contributed by atoms with Gasteiger partial charge in [-0.1, -0.05) is 12.1 Å². The monoisotopic (exact) mass is 937 g/mol. The van der Waals surface area contributed by atoms with Crippen LogP contribution in [0.3, 0.4) is 0 Å². The van der Waals surface area contributed by atoms with Crippen LogP contribution in [0.1, 0.15) is 22.3 Å². The van der Waals surface area contributed by atoms with Crippen LogP contribution < -0.4 is 5.43 Å². The van der Waals surface area contributed by atoms with Crippen molar-refractivity contribution in [3.05, 3.63) is 208 Å². The molecule has 0 atom stereocenters. The van der Waals surface area contributed by atoms with E-state index in [4.69, 9.17) is 0 Å². The van der Waals surface area contributed by atoms with Gasteiger partial charge < -0.3 is 0 Å². The van der Waals surface area contributed by atoms with Crippen LogP contribution in [0.2, 0.25) is 0 Å². The van der Waals surface area contributed by atoms with Crippen molar-refractivity contribution in [1.29, 1.82) is 0 Å². The molecule has 0 radical (unpaired) electrons. The predicted molar refractivity (Wildman–Crippen MR) is 272 cm³/mol. The summed E-state index contributed by atoms with van der Waals surface area (Å²) in [4.78, 5) is 15.0. The molecule has 9 aromatic carbocycles. The Balaban J connectivity index is 1.09. The van der Waals surface area contributed by atoms with Gasteiger partial charge >= 0.3 is 369 Å². The Morgan fingerprint density at radius 2 is 0.797 bits per heavy atom.